The number of aromatic nitrogens is 2. The quantitative estimate of drug-likeness (QED) is 0.783. The van der Waals surface area contributed by atoms with E-state index in [2.05, 4.69) is 15.7 Å². The summed E-state index contributed by atoms with van der Waals surface area (Å²) in [6.45, 7) is 3.00. The van der Waals surface area contributed by atoms with Crippen LogP contribution in [-0.2, 0) is 26.6 Å². The largest absolute Gasteiger partial charge is 0.334 e. The van der Waals surface area contributed by atoms with Gasteiger partial charge in [0.2, 0.25) is 0 Å². The molecule has 2 rings (SSSR count). The van der Waals surface area contributed by atoms with Crippen LogP contribution < -0.4 is 16.4 Å². The molecular weight excluding hydrogens is 266 g/mol. The summed E-state index contributed by atoms with van der Waals surface area (Å²) >= 11 is 0. The number of nitrogens with two attached hydrogens (primary N) is 1. The summed E-state index contributed by atoms with van der Waals surface area (Å²) in [7, 11) is 1.88. The average molecular weight is 287 g/mol. The molecule has 21 heavy (non-hydrogen) atoms. The van der Waals surface area contributed by atoms with E-state index in [9.17, 15) is 4.79 Å². The monoisotopic (exact) mass is 287 g/mol. The summed E-state index contributed by atoms with van der Waals surface area (Å²) in [5.74, 6) is 0. The van der Waals surface area contributed by atoms with Crippen molar-refractivity contribution in [3.8, 4) is 0 Å². The maximum absolute atomic E-state index is 11.9. The minimum absolute atomic E-state index is 0.235. The van der Waals surface area contributed by atoms with Gasteiger partial charge in [-0.15, -0.1) is 0 Å². The van der Waals surface area contributed by atoms with Crippen molar-refractivity contribution in [3.63, 3.8) is 0 Å². The molecule has 112 valence electrons. The zero-order valence-electron chi connectivity index (χ0n) is 12.4. The van der Waals surface area contributed by atoms with Crippen molar-refractivity contribution in [1.82, 2.24) is 15.1 Å². The number of hydrogen-bond acceptors (Lipinski definition) is 3. The van der Waals surface area contributed by atoms with Gasteiger partial charge in [0.05, 0.1) is 5.69 Å². The molecular formula is C15H21N5O. The molecule has 0 bridgehead atoms. The minimum Gasteiger partial charge on any atom is -0.334 e. The van der Waals surface area contributed by atoms with Gasteiger partial charge in [-0.05, 0) is 24.1 Å². The van der Waals surface area contributed by atoms with Crippen LogP contribution >= 0.6 is 0 Å². The topological polar surface area (TPSA) is 85.0 Å². The van der Waals surface area contributed by atoms with Gasteiger partial charge in [0.15, 0.2) is 0 Å². The lowest BCUT2D eigenvalue weighted by Crippen LogP contribution is -2.28. The van der Waals surface area contributed by atoms with Gasteiger partial charge >= 0.3 is 6.03 Å². The Morgan fingerprint density at radius 1 is 1.33 bits per heavy atom. The molecule has 0 saturated carbocycles. The maximum Gasteiger partial charge on any atom is 0.319 e. The van der Waals surface area contributed by atoms with Gasteiger partial charge in [-0.1, -0.05) is 19.1 Å². The highest BCUT2D eigenvalue weighted by Crippen LogP contribution is 2.10. The fourth-order valence-corrected chi connectivity index (χ4v) is 2.10. The van der Waals surface area contributed by atoms with Crippen LogP contribution in [0.15, 0.2) is 30.5 Å². The lowest BCUT2D eigenvalue weighted by molar-refractivity contribution is 0.251. The summed E-state index contributed by atoms with van der Waals surface area (Å²) in [5.41, 5.74) is 9.35. The van der Waals surface area contributed by atoms with E-state index in [-0.39, 0.29) is 6.03 Å². The third kappa shape index (κ3) is 4.06. The molecule has 0 aliphatic heterocycles. The highest BCUT2D eigenvalue weighted by Gasteiger charge is 2.07. The van der Waals surface area contributed by atoms with Gasteiger partial charge < -0.3 is 16.4 Å². The van der Waals surface area contributed by atoms with Crippen LogP contribution in [-0.4, -0.2) is 15.8 Å². The first-order valence-electron chi connectivity index (χ1n) is 6.97. The molecule has 2 aromatic rings. The lowest BCUT2D eigenvalue weighted by atomic mass is 10.2. The number of urea groups is 1. The predicted molar refractivity (Wildman–Crippen MR) is 82.8 cm³/mol. The number of aryl methyl sites for hydroxylation is 2. The van der Waals surface area contributed by atoms with Gasteiger partial charge in [-0.25, -0.2) is 4.79 Å². The van der Waals surface area contributed by atoms with Gasteiger partial charge in [-0.2, -0.15) is 5.10 Å². The predicted octanol–water partition coefficient (Wildman–Crippen LogP) is 1.76. The van der Waals surface area contributed by atoms with Gasteiger partial charge in [-0.3, -0.25) is 4.68 Å². The van der Waals surface area contributed by atoms with E-state index in [0.29, 0.717) is 13.1 Å². The lowest BCUT2D eigenvalue weighted by Gasteiger charge is -2.08. The summed E-state index contributed by atoms with van der Waals surface area (Å²) in [6.07, 6.45) is 2.77. The Kier molecular flexibility index (Phi) is 4.94. The summed E-state index contributed by atoms with van der Waals surface area (Å²) in [4.78, 5) is 11.9. The summed E-state index contributed by atoms with van der Waals surface area (Å²) in [5, 5.41) is 9.97. The van der Waals surface area contributed by atoms with Crippen molar-refractivity contribution >= 4 is 11.7 Å². The number of nitrogens with one attached hydrogen (secondary N) is 2. The van der Waals surface area contributed by atoms with E-state index < -0.39 is 0 Å². The van der Waals surface area contributed by atoms with Crippen LogP contribution in [0, 0.1) is 0 Å². The van der Waals surface area contributed by atoms with E-state index in [1.165, 1.54) is 0 Å². The highest BCUT2D eigenvalue weighted by atomic mass is 16.2. The van der Waals surface area contributed by atoms with Crippen molar-refractivity contribution in [1.29, 1.82) is 0 Å². The van der Waals surface area contributed by atoms with Crippen LogP contribution in [0.1, 0.15) is 23.7 Å². The molecule has 6 nitrogen and oxygen atoms in total. The molecule has 0 aliphatic rings. The first-order valence-corrected chi connectivity index (χ1v) is 6.97. The molecule has 1 heterocycles. The number of amides is 2. The molecule has 2 amide bonds. The Balaban J connectivity index is 1.89. The Hall–Kier alpha value is -2.34. The normalized spacial score (nSPS) is 10.4. The number of carbonyl (C=O) groups excluding carboxylic acids is 1. The molecule has 0 fully saturated rings. The molecule has 0 unspecified atom stereocenters. The zero-order chi connectivity index (χ0) is 15.2. The van der Waals surface area contributed by atoms with Crippen molar-refractivity contribution in [2.45, 2.75) is 26.4 Å². The smallest absolute Gasteiger partial charge is 0.319 e. The Bertz CT molecular complexity index is 603. The number of benzene rings is 1. The van der Waals surface area contributed by atoms with Crippen molar-refractivity contribution < 1.29 is 4.79 Å². The number of carbonyl (C=O) groups is 1. The number of nitrogens with zero attached hydrogens (tertiary/aromatic N) is 2. The average Bonchev–Trinajstić information content (AvgIpc) is 2.86. The first-order chi connectivity index (χ1) is 10.1. The fourth-order valence-electron chi connectivity index (χ4n) is 2.10. The summed E-state index contributed by atoms with van der Waals surface area (Å²) in [6, 6.07) is 7.23. The van der Waals surface area contributed by atoms with Crippen LogP contribution in [0.3, 0.4) is 0 Å². The third-order valence-corrected chi connectivity index (χ3v) is 3.21. The van der Waals surface area contributed by atoms with Crippen molar-refractivity contribution in [2.75, 3.05) is 5.32 Å². The van der Waals surface area contributed by atoms with Gasteiger partial charge in [0.25, 0.3) is 0 Å². The second kappa shape index (κ2) is 6.90. The molecule has 0 saturated heterocycles. The Labute approximate surface area is 124 Å². The van der Waals surface area contributed by atoms with Crippen molar-refractivity contribution in [2.24, 2.45) is 12.8 Å². The molecule has 1 aromatic carbocycles. The second-order valence-corrected chi connectivity index (χ2v) is 4.84. The van der Waals surface area contributed by atoms with E-state index in [0.717, 1.165) is 28.9 Å². The fraction of sp³-hybridized carbons (Fsp3) is 0.333. The molecule has 0 atom stereocenters. The SMILES string of the molecule is CCc1nn(C)cc1CNC(=O)Nc1ccc(CN)cc1. The Morgan fingerprint density at radius 2 is 2.05 bits per heavy atom. The Morgan fingerprint density at radius 3 is 2.67 bits per heavy atom. The van der Waals surface area contributed by atoms with Crippen LogP contribution in [0.2, 0.25) is 0 Å². The van der Waals surface area contributed by atoms with E-state index in [1.54, 1.807) is 4.68 Å². The second-order valence-electron chi connectivity index (χ2n) is 4.84. The number of rotatable bonds is 5. The molecule has 0 radical (unpaired) electrons. The van der Waals surface area contributed by atoms with E-state index in [1.807, 2.05) is 44.4 Å². The number of hydrogen-bond donors (Lipinski definition) is 3. The van der Waals surface area contributed by atoms with Crippen LogP contribution in [0.25, 0.3) is 0 Å². The van der Waals surface area contributed by atoms with Gasteiger partial charge in [0, 0.05) is 37.6 Å². The number of anilines is 1. The van der Waals surface area contributed by atoms with Crippen LogP contribution in [0.5, 0.6) is 0 Å². The molecule has 0 spiro atoms. The molecule has 4 N–H and O–H groups in total. The minimum atomic E-state index is -0.235. The summed E-state index contributed by atoms with van der Waals surface area (Å²) < 4.78 is 1.76. The third-order valence-electron chi connectivity index (χ3n) is 3.21. The highest BCUT2D eigenvalue weighted by molar-refractivity contribution is 5.89. The molecule has 6 heteroatoms. The van der Waals surface area contributed by atoms with E-state index in [4.69, 9.17) is 5.73 Å². The molecule has 1 aromatic heterocycles. The first kappa shape index (κ1) is 15.1. The maximum atomic E-state index is 11.9. The van der Waals surface area contributed by atoms with Crippen molar-refractivity contribution in [3.05, 3.63) is 47.3 Å². The van der Waals surface area contributed by atoms with Gasteiger partial charge in [0.1, 0.15) is 0 Å². The van der Waals surface area contributed by atoms with E-state index >= 15 is 0 Å². The van der Waals surface area contributed by atoms with Crippen LogP contribution in [0.4, 0.5) is 10.5 Å². The zero-order valence-corrected chi connectivity index (χ0v) is 12.4. The molecule has 0 aliphatic carbocycles. The standard InChI is InChI=1S/C15H21N5O/c1-3-14-12(10-20(2)19-14)9-17-15(21)18-13-6-4-11(8-16)5-7-13/h4-7,10H,3,8-9,16H2,1-2H3,(H2,17,18,21).